The predicted octanol–water partition coefficient (Wildman–Crippen LogP) is 9.99. The van der Waals surface area contributed by atoms with Crippen LogP contribution in [0.1, 0.15) is 39.0 Å². The van der Waals surface area contributed by atoms with Crippen molar-refractivity contribution in [2.75, 3.05) is 0 Å². The van der Waals surface area contributed by atoms with Gasteiger partial charge in [-0.15, -0.1) is 0 Å². The van der Waals surface area contributed by atoms with Gasteiger partial charge in [-0.05, 0) is 49.8 Å². The van der Waals surface area contributed by atoms with Crippen LogP contribution in [-0.2, 0) is 21.9 Å². The van der Waals surface area contributed by atoms with Crippen molar-refractivity contribution in [3.63, 3.8) is 0 Å². The Morgan fingerprint density at radius 3 is 1.38 bits per heavy atom. The molecule has 0 atom stereocenters. The molecule has 8 aromatic rings. The fraction of sp³-hybridized carbons (Fsp3) is 0.0444. The van der Waals surface area contributed by atoms with E-state index in [9.17, 15) is 14.4 Å². The van der Waals surface area contributed by atoms with Crippen molar-refractivity contribution in [1.29, 1.82) is 0 Å². The topological polar surface area (TPSA) is 103 Å². The van der Waals surface area contributed by atoms with Crippen molar-refractivity contribution in [1.82, 2.24) is 19.9 Å². The van der Waals surface area contributed by atoms with E-state index in [0.717, 1.165) is 96.4 Å². The summed E-state index contributed by atoms with van der Waals surface area (Å²) in [6, 6.07) is 39.1. The Morgan fingerprint density at radius 1 is 0.491 bits per heavy atom. The maximum absolute atomic E-state index is 10.9. The first kappa shape index (κ1) is 36.3. The third-order valence-corrected chi connectivity index (χ3v) is 8.70. The molecule has 7 nitrogen and oxygen atoms in total. The summed E-state index contributed by atoms with van der Waals surface area (Å²) < 4.78 is 0. The molecule has 0 aliphatic heterocycles. The van der Waals surface area contributed by atoms with Crippen molar-refractivity contribution in [3.05, 3.63) is 162 Å². The van der Waals surface area contributed by atoms with Crippen LogP contribution < -0.4 is 0 Å². The number of carbonyl (C=O) groups is 3. The van der Waals surface area contributed by atoms with Crippen LogP contribution in [-0.4, -0.2) is 38.8 Å². The number of hydrogen-bond acceptors (Lipinski definition) is 7. The number of fused-ring (bicyclic) bond motifs is 6. The standard InChI is InChI=1S/C25H18N2O2.C20H14N2O.Cu/c1-17(15-28)3-2-4-22-13-11-20-9-10-21-12-14-23(27-25(21)24(20)26-22)19-7-5-18(16-29)6-8-19;1-13-2-5-16-8-9-17-10-11-18(22-20(17)19(16)21-13)15-6-3-14(12-23)4-7-15;/h2-16H,1H3;2-12H,1H3;/b4-2+,17-3+;;. The average molecular weight is 740 g/mol. The number of aryl methyl sites for hydroxylation is 1. The second-order valence-corrected chi connectivity index (χ2v) is 12.4. The summed E-state index contributed by atoms with van der Waals surface area (Å²) >= 11 is 0. The first-order chi connectivity index (χ1) is 25.4. The van der Waals surface area contributed by atoms with Crippen molar-refractivity contribution in [2.45, 2.75) is 13.8 Å². The third-order valence-electron chi connectivity index (χ3n) is 8.70. The predicted molar refractivity (Wildman–Crippen MR) is 209 cm³/mol. The minimum Gasteiger partial charge on any atom is -0.298 e. The second kappa shape index (κ2) is 16.3. The number of nitrogens with zero attached hydrogens (tertiary/aromatic N) is 4. The first-order valence-electron chi connectivity index (χ1n) is 16.7. The van der Waals surface area contributed by atoms with Crippen molar-refractivity contribution in [2.24, 2.45) is 0 Å². The Hall–Kier alpha value is -6.47. The normalized spacial score (nSPS) is 11.3. The molecule has 0 saturated carbocycles. The van der Waals surface area contributed by atoms with Crippen molar-refractivity contribution < 1.29 is 31.5 Å². The number of aromatic nitrogens is 4. The Bertz CT molecular complexity index is 2700. The van der Waals surface area contributed by atoms with Gasteiger partial charge in [-0.2, -0.15) is 0 Å². The molecule has 0 aliphatic carbocycles. The van der Waals surface area contributed by atoms with Gasteiger partial charge >= 0.3 is 0 Å². The fourth-order valence-electron chi connectivity index (χ4n) is 5.87. The van der Waals surface area contributed by atoms with Gasteiger partial charge < -0.3 is 0 Å². The van der Waals surface area contributed by atoms with Crippen LogP contribution in [0.25, 0.3) is 72.2 Å². The van der Waals surface area contributed by atoms with Gasteiger partial charge in [0, 0.05) is 66.6 Å². The van der Waals surface area contributed by atoms with E-state index in [1.807, 2.05) is 91.9 Å². The minimum absolute atomic E-state index is 0. The van der Waals surface area contributed by atoms with E-state index in [0.29, 0.717) is 16.7 Å². The number of rotatable bonds is 7. The van der Waals surface area contributed by atoms with Crippen LogP contribution >= 0.6 is 0 Å². The van der Waals surface area contributed by atoms with Gasteiger partial charge in [0.15, 0.2) is 0 Å². The molecule has 4 aromatic carbocycles. The monoisotopic (exact) mass is 739 g/mol. The largest absolute Gasteiger partial charge is 0.298 e. The molecular weight excluding hydrogens is 708 g/mol. The maximum Gasteiger partial charge on any atom is 0.150 e. The first-order valence-corrected chi connectivity index (χ1v) is 16.7. The second-order valence-electron chi connectivity index (χ2n) is 12.4. The Balaban J connectivity index is 0.000000182. The molecule has 0 amide bonds. The molecular formula is C45H32CuN4O3. The fourth-order valence-corrected chi connectivity index (χ4v) is 5.87. The van der Waals surface area contributed by atoms with Gasteiger partial charge in [0.05, 0.1) is 39.1 Å². The summed E-state index contributed by atoms with van der Waals surface area (Å²) in [6.45, 7) is 3.74. The quantitative estimate of drug-likeness (QED) is 0.0527. The molecule has 4 aromatic heterocycles. The van der Waals surface area contributed by atoms with E-state index in [1.165, 1.54) is 0 Å². The molecule has 0 N–H and O–H groups in total. The van der Waals surface area contributed by atoms with Crippen LogP contribution in [0.4, 0.5) is 0 Å². The van der Waals surface area contributed by atoms with E-state index >= 15 is 0 Å². The molecule has 53 heavy (non-hydrogen) atoms. The summed E-state index contributed by atoms with van der Waals surface area (Å²) in [5.74, 6) is 0. The van der Waals surface area contributed by atoms with E-state index in [-0.39, 0.29) is 17.1 Å². The summed E-state index contributed by atoms with van der Waals surface area (Å²) in [4.78, 5) is 51.5. The number of benzene rings is 4. The van der Waals surface area contributed by atoms with Gasteiger partial charge in [-0.25, -0.2) is 15.0 Å². The van der Waals surface area contributed by atoms with Crippen LogP contribution in [0, 0.1) is 6.92 Å². The average Bonchev–Trinajstić information content (AvgIpc) is 3.20. The Morgan fingerprint density at radius 2 is 0.906 bits per heavy atom. The van der Waals surface area contributed by atoms with Crippen LogP contribution in [0.3, 0.4) is 0 Å². The molecule has 1 radical (unpaired) electrons. The molecule has 0 spiro atoms. The SMILES string of the molecule is C/C(C=O)=C\C=C\c1ccc2ccc3ccc(-c4ccc(C=O)cc4)nc3c2n1.Cc1ccc2ccc3ccc(-c4ccc(C=O)cc4)nc3c2n1.[Cu]. The molecule has 8 heteroatoms. The molecule has 8 rings (SSSR count). The van der Waals surface area contributed by atoms with Gasteiger partial charge in [0.1, 0.15) is 18.9 Å². The summed E-state index contributed by atoms with van der Waals surface area (Å²) in [6.07, 6.45) is 7.93. The van der Waals surface area contributed by atoms with Gasteiger partial charge in [-0.1, -0.05) is 109 Å². The number of hydrogen-bond donors (Lipinski definition) is 0. The number of carbonyl (C=O) groups excluding carboxylic acids is 3. The molecule has 0 fully saturated rings. The van der Waals surface area contributed by atoms with Gasteiger partial charge in [0.2, 0.25) is 0 Å². The molecule has 0 aliphatic rings. The Labute approximate surface area is 316 Å². The molecule has 0 unspecified atom stereocenters. The van der Waals surface area contributed by atoms with Crippen LogP contribution in [0.2, 0.25) is 0 Å². The maximum atomic E-state index is 10.9. The van der Waals surface area contributed by atoms with Crippen molar-refractivity contribution in [3.8, 4) is 22.5 Å². The van der Waals surface area contributed by atoms with Crippen LogP contribution in [0.5, 0.6) is 0 Å². The molecule has 261 valence electrons. The smallest absolute Gasteiger partial charge is 0.150 e. The summed E-state index contributed by atoms with van der Waals surface area (Å²) in [5, 5.41) is 4.18. The number of pyridine rings is 4. The van der Waals surface area contributed by atoms with Crippen molar-refractivity contribution >= 4 is 68.5 Å². The van der Waals surface area contributed by atoms with Gasteiger partial charge in [-0.3, -0.25) is 19.4 Å². The number of aldehydes is 3. The van der Waals surface area contributed by atoms with E-state index in [2.05, 4.69) is 29.2 Å². The summed E-state index contributed by atoms with van der Waals surface area (Å²) in [7, 11) is 0. The zero-order valence-electron chi connectivity index (χ0n) is 28.8. The molecule has 0 saturated heterocycles. The molecule has 0 bridgehead atoms. The molecule has 4 heterocycles. The van der Waals surface area contributed by atoms with Crippen LogP contribution in [0.15, 0.2) is 139 Å². The minimum atomic E-state index is 0. The third kappa shape index (κ3) is 8.05. The van der Waals surface area contributed by atoms with E-state index in [1.54, 1.807) is 37.3 Å². The van der Waals surface area contributed by atoms with E-state index < -0.39 is 0 Å². The number of allylic oxidation sites excluding steroid dienone is 3. The Kier molecular flexibility index (Phi) is 11.1. The zero-order valence-corrected chi connectivity index (χ0v) is 29.8. The zero-order chi connectivity index (χ0) is 36.0. The van der Waals surface area contributed by atoms with Gasteiger partial charge in [0.25, 0.3) is 0 Å². The van der Waals surface area contributed by atoms with E-state index in [4.69, 9.17) is 15.0 Å². The summed E-state index contributed by atoms with van der Waals surface area (Å²) in [5.41, 5.74) is 10.9.